The van der Waals surface area contributed by atoms with Gasteiger partial charge in [-0.25, -0.2) is 0 Å². The SMILES string of the molecule is Cc1ccc([C@@H]2CNC[C@@]2(C)[C@@H](C)O)cc1O. The molecule has 1 saturated heterocycles. The van der Waals surface area contributed by atoms with E-state index in [1.807, 2.05) is 32.0 Å². The Morgan fingerprint density at radius 1 is 1.47 bits per heavy atom. The van der Waals surface area contributed by atoms with Crippen LogP contribution in [0.3, 0.4) is 0 Å². The van der Waals surface area contributed by atoms with Crippen LogP contribution in [0.2, 0.25) is 0 Å². The van der Waals surface area contributed by atoms with Crippen molar-refractivity contribution in [2.24, 2.45) is 5.41 Å². The highest BCUT2D eigenvalue weighted by Gasteiger charge is 2.43. The molecule has 1 aromatic rings. The molecule has 94 valence electrons. The number of aliphatic hydroxyl groups is 1. The molecule has 2 rings (SSSR count). The summed E-state index contributed by atoms with van der Waals surface area (Å²) in [6.07, 6.45) is -0.369. The van der Waals surface area contributed by atoms with Crippen LogP contribution >= 0.6 is 0 Å². The van der Waals surface area contributed by atoms with Crippen molar-refractivity contribution in [2.45, 2.75) is 32.8 Å². The Kier molecular flexibility index (Phi) is 3.15. The van der Waals surface area contributed by atoms with Crippen LogP contribution in [-0.4, -0.2) is 29.4 Å². The van der Waals surface area contributed by atoms with Gasteiger partial charge in [-0.05, 0) is 31.0 Å². The van der Waals surface area contributed by atoms with E-state index in [1.54, 1.807) is 0 Å². The third kappa shape index (κ3) is 2.05. The van der Waals surface area contributed by atoms with E-state index in [0.717, 1.165) is 24.2 Å². The second kappa shape index (κ2) is 4.31. The fraction of sp³-hybridized carbons (Fsp3) is 0.571. The first-order valence-corrected chi connectivity index (χ1v) is 6.13. The highest BCUT2D eigenvalue weighted by atomic mass is 16.3. The first-order chi connectivity index (χ1) is 7.95. The molecule has 3 nitrogen and oxygen atoms in total. The van der Waals surface area contributed by atoms with Gasteiger partial charge in [0.15, 0.2) is 0 Å². The zero-order chi connectivity index (χ0) is 12.6. The van der Waals surface area contributed by atoms with Crippen molar-refractivity contribution >= 4 is 0 Å². The lowest BCUT2D eigenvalue weighted by molar-refractivity contribution is 0.0549. The molecular weight excluding hydrogens is 214 g/mol. The smallest absolute Gasteiger partial charge is 0.118 e. The summed E-state index contributed by atoms with van der Waals surface area (Å²) in [6, 6.07) is 5.81. The lowest BCUT2D eigenvalue weighted by Crippen LogP contribution is -2.36. The molecule has 1 aliphatic rings. The van der Waals surface area contributed by atoms with Gasteiger partial charge in [-0.3, -0.25) is 0 Å². The fourth-order valence-corrected chi connectivity index (χ4v) is 2.62. The molecule has 1 fully saturated rings. The van der Waals surface area contributed by atoms with Gasteiger partial charge in [0.05, 0.1) is 6.10 Å². The van der Waals surface area contributed by atoms with Gasteiger partial charge < -0.3 is 15.5 Å². The number of rotatable bonds is 2. The average Bonchev–Trinajstić information content (AvgIpc) is 2.66. The molecule has 0 aromatic heterocycles. The lowest BCUT2D eigenvalue weighted by atomic mass is 9.72. The molecule has 3 atom stereocenters. The third-order valence-corrected chi connectivity index (χ3v) is 4.24. The van der Waals surface area contributed by atoms with Crippen LogP contribution in [0.1, 0.15) is 30.9 Å². The van der Waals surface area contributed by atoms with E-state index in [-0.39, 0.29) is 17.4 Å². The molecule has 0 bridgehead atoms. The second-order valence-electron chi connectivity index (χ2n) is 5.41. The summed E-state index contributed by atoms with van der Waals surface area (Å²) in [5.41, 5.74) is 1.82. The summed E-state index contributed by atoms with van der Waals surface area (Å²) >= 11 is 0. The molecule has 3 heteroatoms. The molecule has 0 saturated carbocycles. The predicted molar refractivity (Wildman–Crippen MR) is 68.2 cm³/mol. The fourth-order valence-electron chi connectivity index (χ4n) is 2.62. The van der Waals surface area contributed by atoms with Crippen molar-refractivity contribution in [1.82, 2.24) is 5.32 Å². The number of benzene rings is 1. The number of phenolic OH excluding ortho intramolecular Hbond substituents is 1. The van der Waals surface area contributed by atoms with Crippen molar-refractivity contribution in [1.29, 1.82) is 0 Å². The minimum Gasteiger partial charge on any atom is -0.508 e. The highest BCUT2D eigenvalue weighted by molar-refractivity contribution is 5.38. The van der Waals surface area contributed by atoms with Gasteiger partial charge in [-0.2, -0.15) is 0 Å². The number of hydrogen-bond acceptors (Lipinski definition) is 3. The van der Waals surface area contributed by atoms with Gasteiger partial charge in [-0.15, -0.1) is 0 Å². The number of nitrogens with one attached hydrogen (secondary N) is 1. The highest BCUT2D eigenvalue weighted by Crippen LogP contribution is 2.42. The van der Waals surface area contributed by atoms with Gasteiger partial charge in [0, 0.05) is 24.4 Å². The van der Waals surface area contributed by atoms with Crippen LogP contribution < -0.4 is 5.32 Å². The Hall–Kier alpha value is -1.06. The van der Waals surface area contributed by atoms with Crippen molar-refractivity contribution in [3.05, 3.63) is 29.3 Å². The van der Waals surface area contributed by atoms with Crippen LogP contribution in [0.15, 0.2) is 18.2 Å². The summed E-state index contributed by atoms with van der Waals surface area (Å²) < 4.78 is 0. The molecule has 0 aliphatic carbocycles. The van der Waals surface area contributed by atoms with Crippen molar-refractivity contribution < 1.29 is 10.2 Å². The summed E-state index contributed by atoms with van der Waals surface area (Å²) in [5.74, 6) is 0.580. The normalized spacial score (nSPS) is 30.5. The van der Waals surface area contributed by atoms with Crippen LogP contribution in [0.5, 0.6) is 5.75 Å². The van der Waals surface area contributed by atoms with Crippen LogP contribution in [0.4, 0.5) is 0 Å². The summed E-state index contributed by atoms with van der Waals surface area (Å²) in [4.78, 5) is 0. The lowest BCUT2D eigenvalue weighted by Gasteiger charge is -2.34. The van der Waals surface area contributed by atoms with Crippen LogP contribution in [0.25, 0.3) is 0 Å². The molecule has 3 N–H and O–H groups in total. The Labute approximate surface area is 102 Å². The zero-order valence-electron chi connectivity index (χ0n) is 10.7. The predicted octanol–water partition coefficient (Wildman–Crippen LogP) is 1.77. The monoisotopic (exact) mass is 235 g/mol. The standard InChI is InChI=1S/C14H21NO2/c1-9-4-5-11(6-13(9)17)12-7-15-8-14(12,3)10(2)16/h4-6,10,12,15-17H,7-8H2,1-3H3/t10-,12+,14+/m1/s1. The molecule has 1 aromatic carbocycles. The van der Waals surface area contributed by atoms with Crippen LogP contribution in [-0.2, 0) is 0 Å². The molecule has 1 aliphatic heterocycles. The second-order valence-corrected chi connectivity index (χ2v) is 5.41. The summed E-state index contributed by atoms with van der Waals surface area (Å²) in [6.45, 7) is 7.49. The molecule has 0 spiro atoms. The molecular formula is C14H21NO2. The molecule has 0 unspecified atom stereocenters. The topological polar surface area (TPSA) is 52.5 Å². The maximum absolute atomic E-state index is 9.96. The summed E-state index contributed by atoms with van der Waals surface area (Å²) in [7, 11) is 0. The Bertz CT molecular complexity index is 417. The van der Waals surface area contributed by atoms with E-state index in [2.05, 4.69) is 12.2 Å². The van der Waals surface area contributed by atoms with Crippen molar-refractivity contribution in [3.8, 4) is 5.75 Å². The number of aliphatic hydroxyl groups excluding tert-OH is 1. The number of aryl methyl sites for hydroxylation is 1. The maximum Gasteiger partial charge on any atom is 0.118 e. The van der Waals surface area contributed by atoms with E-state index in [1.165, 1.54) is 0 Å². The first kappa shape index (κ1) is 12.4. The van der Waals surface area contributed by atoms with Gasteiger partial charge in [0.25, 0.3) is 0 Å². The number of hydrogen-bond donors (Lipinski definition) is 3. The van der Waals surface area contributed by atoms with Gasteiger partial charge in [0.2, 0.25) is 0 Å². The summed E-state index contributed by atoms with van der Waals surface area (Å²) in [5, 5.41) is 23.1. The number of aromatic hydroxyl groups is 1. The minimum atomic E-state index is -0.369. The van der Waals surface area contributed by atoms with E-state index in [4.69, 9.17) is 0 Å². The van der Waals surface area contributed by atoms with E-state index in [9.17, 15) is 10.2 Å². The first-order valence-electron chi connectivity index (χ1n) is 6.13. The molecule has 1 heterocycles. The Morgan fingerprint density at radius 3 is 2.76 bits per heavy atom. The van der Waals surface area contributed by atoms with Crippen LogP contribution in [0, 0.1) is 12.3 Å². The van der Waals surface area contributed by atoms with Gasteiger partial charge in [-0.1, -0.05) is 19.1 Å². The Morgan fingerprint density at radius 2 is 2.18 bits per heavy atom. The van der Waals surface area contributed by atoms with Gasteiger partial charge in [0.1, 0.15) is 5.75 Å². The largest absolute Gasteiger partial charge is 0.508 e. The van der Waals surface area contributed by atoms with E-state index in [0.29, 0.717) is 5.75 Å². The third-order valence-electron chi connectivity index (χ3n) is 4.24. The quantitative estimate of drug-likeness (QED) is 0.732. The Balaban J connectivity index is 2.36. The number of phenols is 1. The van der Waals surface area contributed by atoms with E-state index >= 15 is 0 Å². The maximum atomic E-state index is 9.96. The zero-order valence-corrected chi connectivity index (χ0v) is 10.7. The molecule has 0 amide bonds. The minimum absolute atomic E-state index is 0.165. The average molecular weight is 235 g/mol. The molecule has 0 radical (unpaired) electrons. The molecule has 17 heavy (non-hydrogen) atoms. The van der Waals surface area contributed by atoms with E-state index < -0.39 is 0 Å². The van der Waals surface area contributed by atoms with Crippen molar-refractivity contribution in [3.63, 3.8) is 0 Å². The van der Waals surface area contributed by atoms with Gasteiger partial charge >= 0.3 is 0 Å². The van der Waals surface area contributed by atoms with Crippen molar-refractivity contribution in [2.75, 3.05) is 13.1 Å².